The van der Waals surface area contributed by atoms with Gasteiger partial charge in [0.05, 0.1) is 16.6 Å². The number of benzene rings is 2. The second-order valence-corrected chi connectivity index (χ2v) is 5.02. The van der Waals surface area contributed by atoms with Crippen molar-refractivity contribution in [3.63, 3.8) is 0 Å². The monoisotopic (exact) mass is 278 g/mol. The predicted octanol–water partition coefficient (Wildman–Crippen LogP) is 3.51. The van der Waals surface area contributed by atoms with Crippen molar-refractivity contribution < 1.29 is 0 Å². The average Bonchev–Trinajstić information content (AvgIpc) is 2.54. The fourth-order valence-electron chi connectivity index (χ4n) is 2.69. The van der Waals surface area contributed by atoms with E-state index in [-0.39, 0.29) is 5.56 Å². The van der Waals surface area contributed by atoms with E-state index >= 15 is 0 Å². The van der Waals surface area contributed by atoms with Crippen LogP contribution >= 0.6 is 0 Å². The molecule has 0 aliphatic heterocycles. The van der Waals surface area contributed by atoms with E-state index in [2.05, 4.69) is 18.0 Å². The van der Waals surface area contributed by atoms with Gasteiger partial charge < -0.3 is 0 Å². The lowest BCUT2D eigenvalue weighted by molar-refractivity contribution is 0.823. The molecule has 0 N–H and O–H groups in total. The Kier molecular flexibility index (Phi) is 3.57. The summed E-state index contributed by atoms with van der Waals surface area (Å²) in [6, 6.07) is 15.6. The first-order valence-corrected chi connectivity index (χ1v) is 7.35. The van der Waals surface area contributed by atoms with E-state index in [1.807, 2.05) is 49.4 Å². The molecule has 3 rings (SSSR count). The molecular formula is C18H18N2O. The van der Waals surface area contributed by atoms with Crippen molar-refractivity contribution in [2.75, 3.05) is 0 Å². The number of hydrogen-bond acceptors (Lipinski definition) is 2. The minimum atomic E-state index is 0.0124. The highest BCUT2D eigenvalue weighted by atomic mass is 16.1. The van der Waals surface area contributed by atoms with E-state index in [1.165, 1.54) is 0 Å². The number of hydrogen-bond donors (Lipinski definition) is 0. The van der Waals surface area contributed by atoms with Crippen LogP contribution in [0.15, 0.2) is 53.3 Å². The Balaban J connectivity index is 2.41. The summed E-state index contributed by atoms with van der Waals surface area (Å²) in [6.45, 7) is 4.13. The highest BCUT2D eigenvalue weighted by molar-refractivity contribution is 5.77. The van der Waals surface area contributed by atoms with Gasteiger partial charge in [-0.25, -0.2) is 4.98 Å². The molecule has 0 saturated heterocycles. The van der Waals surface area contributed by atoms with Gasteiger partial charge in [-0.2, -0.15) is 0 Å². The third-order valence-electron chi connectivity index (χ3n) is 3.77. The zero-order valence-electron chi connectivity index (χ0n) is 12.3. The maximum Gasteiger partial charge on any atom is 0.265 e. The molecular weight excluding hydrogens is 260 g/mol. The predicted molar refractivity (Wildman–Crippen MR) is 86.1 cm³/mol. The Bertz CT molecular complexity index is 849. The molecule has 0 atom stereocenters. The average molecular weight is 278 g/mol. The zero-order chi connectivity index (χ0) is 14.8. The van der Waals surface area contributed by atoms with Gasteiger partial charge in [-0.1, -0.05) is 44.2 Å². The Labute approximate surface area is 123 Å². The first kappa shape index (κ1) is 13.6. The molecule has 21 heavy (non-hydrogen) atoms. The molecule has 2 aromatic carbocycles. The molecule has 106 valence electrons. The lowest BCUT2D eigenvalue weighted by atomic mass is 10.1. The van der Waals surface area contributed by atoms with Gasteiger partial charge in [-0.3, -0.25) is 9.36 Å². The second kappa shape index (κ2) is 5.52. The van der Waals surface area contributed by atoms with Crippen molar-refractivity contribution in [3.8, 4) is 5.69 Å². The van der Waals surface area contributed by atoms with Gasteiger partial charge in [0.15, 0.2) is 0 Å². The summed E-state index contributed by atoms with van der Waals surface area (Å²) in [5.41, 5.74) is 2.88. The third-order valence-corrected chi connectivity index (χ3v) is 3.77. The molecule has 0 bridgehead atoms. The summed E-state index contributed by atoms with van der Waals surface area (Å²) in [5, 5.41) is 0.667. The lowest BCUT2D eigenvalue weighted by Gasteiger charge is -2.15. The molecule has 0 aliphatic carbocycles. The Hall–Kier alpha value is -2.42. The van der Waals surface area contributed by atoms with Gasteiger partial charge in [0.2, 0.25) is 0 Å². The van der Waals surface area contributed by atoms with Crippen molar-refractivity contribution in [1.29, 1.82) is 0 Å². The Morgan fingerprint density at radius 1 is 0.952 bits per heavy atom. The maximum atomic E-state index is 12.9. The van der Waals surface area contributed by atoms with Crippen LogP contribution in [0, 0.1) is 0 Å². The van der Waals surface area contributed by atoms with Crippen LogP contribution in [0.4, 0.5) is 0 Å². The Morgan fingerprint density at radius 2 is 1.67 bits per heavy atom. The van der Waals surface area contributed by atoms with Crippen molar-refractivity contribution in [1.82, 2.24) is 9.55 Å². The van der Waals surface area contributed by atoms with Gasteiger partial charge in [-0.15, -0.1) is 0 Å². The van der Waals surface area contributed by atoms with E-state index in [1.54, 1.807) is 4.57 Å². The van der Waals surface area contributed by atoms with Crippen LogP contribution in [-0.4, -0.2) is 9.55 Å². The number of nitrogens with zero attached hydrogens (tertiary/aromatic N) is 2. The second-order valence-electron chi connectivity index (χ2n) is 5.02. The van der Waals surface area contributed by atoms with Crippen molar-refractivity contribution in [2.45, 2.75) is 26.7 Å². The molecule has 1 heterocycles. The van der Waals surface area contributed by atoms with Crippen LogP contribution in [0.3, 0.4) is 0 Å². The number of para-hydroxylation sites is 2. The normalized spacial score (nSPS) is 11.0. The van der Waals surface area contributed by atoms with E-state index in [0.717, 1.165) is 35.4 Å². The minimum Gasteiger partial charge on any atom is -0.268 e. The Morgan fingerprint density at radius 3 is 2.43 bits per heavy atom. The molecule has 0 saturated carbocycles. The maximum absolute atomic E-state index is 12.9. The largest absolute Gasteiger partial charge is 0.268 e. The van der Waals surface area contributed by atoms with Crippen molar-refractivity contribution in [2.24, 2.45) is 0 Å². The van der Waals surface area contributed by atoms with Gasteiger partial charge >= 0.3 is 0 Å². The van der Waals surface area contributed by atoms with E-state index < -0.39 is 0 Å². The van der Waals surface area contributed by atoms with Crippen LogP contribution in [-0.2, 0) is 12.8 Å². The van der Waals surface area contributed by atoms with Crippen molar-refractivity contribution in [3.05, 3.63) is 70.3 Å². The van der Waals surface area contributed by atoms with Crippen LogP contribution in [0.25, 0.3) is 16.6 Å². The highest BCUT2D eigenvalue weighted by Crippen LogP contribution is 2.17. The third kappa shape index (κ3) is 2.25. The van der Waals surface area contributed by atoms with E-state index in [4.69, 9.17) is 0 Å². The molecule has 0 unspecified atom stereocenters. The molecule has 3 heteroatoms. The van der Waals surface area contributed by atoms with Crippen LogP contribution in [0.2, 0.25) is 0 Å². The van der Waals surface area contributed by atoms with E-state index in [0.29, 0.717) is 5.39 Å². The molecule has 3 aromatic rings. The first-order valence-electron chi connectivity index (χ1n) is 7.35. The molecule has 0 fully saturated rings. The SMILES string of the molecule is CCc1ccccc1-n1c(CC)nc2ccccc2c1=O. The first-order chi connectivity index (χ1) is 10.3. The minimum absolute atomic E-state index is 0.0124. The molecule has 1 aromatic heterocycles. The van der Waals surface area contributed by atoms with Crippen molar-refractivity contribution >= 4 is 10.9 Å². The lowest BCUT2D eigenvalue weighted by Crippen LogP contribution is -2.24. The van der Waals surface area contributed by atoms with E-state index in [9.17, 15) is 4.79 Å². The van der Waals surface area contributed by atoms with Crippen LogP contribution in [0.5, 0.6) is 0 Å². The number of fused-ring (bicyclic) bond motifs is 1. The van der Waals surface area contributed by atoms with Gasteiger partial charge in [-0.05, 0) is 30.2 Å². The number of aryl methyl sites for hydroxylation is 2. The zero-order valence-corrected chi connectivity index (χ0v) is 12.3. The summed E-state index contributed by atoms with van der Waals surface area (Å²) in [4.78, 5) is 17.6. The molecule has 0 amide bonds. The highest BCUT2D eigenvalue weighted by Gasteiger charge is 2.13. The van der Waals surface area contributed by atoms with Crippen LogP contribution in [0.1, 0.15) is 25.2 Å². The van der Waals surface area contributed by atoms with Gasteiger partial charge in [0.25, 0.3) is 5.56 Å². The number of aromatic nitrogens is 2. The molecule has 0 aliphatic rings. The molecule has 0 spiro atoms. The molecule has 3 nitrogen and oxygen atoms in total. The standard InChI is InChI=1S/C18H18N2O/c1-3-13-9-5-8-12-16(13)20-17(4-2)19-15-11-7-6-10-14(15)18(20)21/h5-12H,3-4H2,1-2H3. The quantitative estimate of drug-likeness (QED) is 0.735. The summed E-state index contributed by atoms with van der Waals surface area (Å²) in [7, 11) is 0. The number of rotatable bonds is 3. The fourth-order valence-corrected chi connectivity index (χ4v) is 2.69. The summed E-state index contributed by atoms with van der Waals surface area (Å²) in [5.74, 6) is 0.805. The van der Waals surface area contributed by atoms with Gasteiger partial charge in [0, 0.05) is 6.42 Å². The van der Waals surface area contributed by atoms with Gasteiger partial charge in [0.1, 0.15) is 5.82 Å². The smallest absolute Gasteiger partial charge is 0.265 e. The topological polar surface area (TPSA) is 34.9 Å². The summed E-state index contributed by atoms with van der Waals surface area (Å²) < 4.78 is 1.77. The summed E-state index contributed by atoms with van der Waals surface area (Å²) in [6.07, 6.45) is 1.61. The summed E-state index contributed by atoms with van der Waals surface area (Å²) >= 11 is 0. The molecule has 0 radical (unpaired) electrons. The fraction of sp³-hybridized carbons (Fsp3) is 0.222. The van der Waals surface area contributed by atoms with Crippen LogP contribution < -0.4 is 5.56 Å².